The van der Waals surface area contributed by atoms with E-state index in [-0.39, 0.29) is 30.4 Å². The van der Waals surface area contributed by atoms with Gasteiger partial charge < -0.3 is 19.9 Å². The topological polar surface area (TPSA) is 67.8 Å². The number of benzene rings is 2. The van der Waals surface area contributed by atoms with Crippen LogP contribution in [0.5, 0.6) is 0 Å². The molecular weight excluding hydrogens is 414 g/mol. The first-order valence-corrected chi connectivity index (χ1v) is 12.3. The molecule has 2 N–H and O–H groups in total. The van der Waals surface area contributed by atoms with Crippen LogP contribution in [0.15, 0.2) is 54.3 Å². The van der Waals surface area contributed by atoms with Crippen molar-refractivity contribution < 1.29 is 19.4 Å². The molecule has 5 nitrogen and oxygen atoms in total. The minimum absolute atomic E-state index is 0.0157. The molecular formula is C28H33NO4. The number of ether oxygens (including phenoxy) is 2. The number of rotatable bonds is 8. The maximum absolute atomic E-state index is 13.0. The Morgan fingerprint density at radius 1 is 1.15 bits per heavy atom. The average molecular weight is 448 g/mol. The molecule has 0 unspecified atom stereocenters. The molecule has 1 heterocycles. The number of nitrogens with one attached hydrogen (secondary N) is 1. The molecule has 3 atom stereocenters. The highest BCUT2D eigenvalue weighted by molar-refractivity contribution is 5.92. The molecule has 174 valence electrons. The molecule has 0 bridgehead atoms. The third kappa shape index (κ3) is 4.44. The predicted molar refractivity (Wildman–Crippen MR) is 128 cm³/mol. The molecule has 2 aromatic carbocycles. The summed E-state index contributed by atoms with van der Waals surface area (Å²) in [6, 6.07) is 15.5. The van der Waals surface area contributed by atoms with E-state index in [0.29, 0.717) is 18.8 Å². The van der Waals surface area contributed by atoms with Gasteiger partial charge in [0.15, 0.2) is 5.76 Å². The van der Waals surface area contributed by atoms with Crippen molar-refractivity contribution in [2.24, 2.45) is 5.92 Å². The number of aliphatic hydroxyl groups excluding tert-OH is 1. The molecule has 0 spiro atoms. The smallest absolute Gasteiger partial charge is 0.286 e. The zero-order chi connectivity index (χ0) is 22.8. The van der Waals surface area contributed by atoms with Crippen molar-refractivity contribution in [2.75, 3.05) is 13.2 Å². The molecule has 3 aliphatic rings. The number of aliphatic hydroxyl groups is 1. The van der Waals surface area contributed by atoms with Gasteiger partial charge in [0.05, 0.1) is 0 Å². The molecule has 2 aliphatic carbocycles. The minimum Gasteiger partial charge on any atom is -0.459 e. The van der Waals surface area contributed by atoms with Gasteiger partial charge in [0.25, 0.3) is 5.91 Å². The SMILES string of the molecule is CCO[C@H]1OC(C(=O)NC2CCC2)=C[C@@H](c2ccc3c(c2)Cc2ccccc2-3)[C@@H]1CCCO. The van der Waals surface area contributed by atoms with E-state index in [4.69, 9.17) is 9.47 Å². The van der Waals surface area contributed by atoms with Crippen molar-refractivity contribution >= 4 is 5.91 Å². The van der Waals surface area contributed by atoms with Crippen LogP contribution in [0, 0.1) is 5.92 Å². The van der Waals surface area contributed by atoms with Crippen LogP contribution in [-0.4, -0.2) is 36.6 Å². The van der Waals surface area contributed by atoms with E-state index in [1.165, 1.54) is 27.8 Å². The second-order valence-electron chi connectivity index (χ2n) is 9.38. The lowest BCUT2D eigenvalue weighted by molar-refractivity contribution is -0.167. The van der Waals surface area contributed by atoms with Crippen molar-refractivity contribution in [3.8, 4) is 11.1 Å². The summed E-state index contributed by atoms with van der Waals surface area (Å²) in [5.41, 5.74) is 6.46. The molecule has 5 rings (SSSR count). The van der Waals surface area contributed by atoms with Gasteiger partial charge in [-0.2, -0.15) is 0 Å². The van der Waals surface area contributed by atoms with E-state index in [0.717, 1.165) is 32.1 Å². The Labute approximate surface area is 195 Å². The fourth-order valence-electron chi connectivity index (χ4n) is 5.33. The predicted octanol–water partition coefficient (Wildman–Crippen LogP) is 4.68. The van der Waals surface area contributed by atoms with E-state index >= 15 is 0 Å². The molecule has 5 heteroatoms. The summed E-state index contributed by atoms with van der Waals surface area (Å²) in [6.07, 6.45) is 7.05. The summed E-state index contributed by atoms with van der Waals surface area (Å²) in [4.78, 5) is 13.0. The molecule has 1 fully saturated rings. The van der Waals surface area contributed by atoms with Crippen LogP contribution in [0.25, 0.3) is 11.1 Å². The lowest BCUT2D eigenvalue weighted by Crippen LogP contribution is -2.43. The van der Waals surface area contributed by atoms with Crippen LogP contribution in [0.2, 0.25) is 0 Å². The summed E-state index contributed by atoms with van der Waals surface area (Å²) in [5, 5.41) is 12.6. The van der Waals surface area contributed by atoms with Gasteiger partial charge in [0.1, 0.15) is 0 Å². The van der Waals surface area contributed by atoms with Gasteiger partial charge in [-0.3, -0.25) is 4.79 Å². The molecule has 0 saturated heterocycles. The summed E-state index contributed by atoms with van der Waals surface area (Å²) in [5.74, 6) is 0.218. The largest absolute Gasteiger partial charge is 0.459 e. The third-order valence-corrected chi connectivity index (χ3v) is 7.28. The van der Waals surface area contributed by atoms with Gasteiger partial charge in [0, 0.05) is 31.1 Å². The number of hydrogen-bond donors (Lipinski definition) is 2. The number of carbonyl (C=O) groups is 1. The second kappa shape index (κ2) is 9.70. The molecule has 2 aromatic rings. The Bertz CT molecular complexity index is 1040. The quantitative estimate of drug-likeness (QED) is 0.526. The fraction of sp³-hybridized carbons (Fsp3) is 0.464. The van der Waals surface area contributed by atoms with E-state index in [2.05, 4.69) is 47.8 Å². The number of carbonyl (C=O) groups excluding carboxylic acids is 1. The van der Waals surface area contributed by atoms with Crippen molar-refractivity contribution in [3.63, 3.8) is 0 Å². The van der Waals surface area contributed by atoms with Crippen LogP contribution in [0.3, 0.4) is 0 Å². The van der Waals surface area contributed by atoms with Crippen molar-refractivity contribution in [1.29, 1.82) is 0 Å². The highest BCUT2D eigenvalue weighted by atomic mass is 16.7. The van der Waals surface area contributed by atoms with Gasteiger partial charge in [0.2, 0.25) is 6.29 Å². The summed E-state index contributed by atoms with van der Waals surface area (Å²) >= 11 is 0. The van der Waals surface area contributed by atoms with E-state index in [9.17, 15) is 9.90 Å². The van der Waals surface area contributed by atoms with Crippen molar-refractivity contribution in [2.45, 2.75) is 63.7 Å². The highest BCUT2D eigenvalue weighted by Gasteiger charge is 2.38. The van der Waals surface area contributed by atoms with Gasteiger partial charge in [-0.05, 0) is 79.3 Å². The Morgan fingerprint density at radius 3 is 2.73 bits per heavy atom. The first kappa shape index (κ1) is 22.2. The minimum atomic E-state index is -0.510. The molecule has 1 aliphatic heterocycles. The van der Waals surface area contributed by atoms with Crippen molar-refractivity contribution in [1.82, 2.24) is 5.32 Å². The van der Waals surface area contributed by atoms with Gasteiger partial charge in [-0.15, -0.1) is 0 Å². The number of amides is 1. The summed E-state index contributed by atoms with van der Waals surface area (Å²) in [7, 11) is 0. The van der Waals surface area contributed by atoms with Crippen LogP contribution in [0.1, 0.15) is 61.6 Å². The standard InChI is InChI=1S/C28H33NO4/c1-2-32-28-24(11-6-14-30)25(17-26(33-28)27(31)29-21-8-5-9-21)19-12-13-23-20(16-19)15-18-7-3-4-10-22(18)23/h3-4,7,10,12-13,16-17,21,24-25,28,30H,2,5-6,8-9,11,14-15H2,1H3,(H,29,31)/t24-,25-,28-/m0/s1. The monoisotopic (exact) mass is 447 g/mol. The lowest BCUT2D eigenvalue weighted by atomic mass is 9.79. The van der Waals surface area contributed by atoms with Gasteiger partial charge in [-0.25, -0.2) is 0 Å². The van der Waals surface area contributed by atoms with Crippen LogP contribution in [0.4, 0.5) is 0 Å². The zero-order valence-corrected chi connectivity index (χ0v) is 19.3. The Balaban J connectivity index is 1.48. The molecule has 0 radical (unpaired) electrons. The fourth-order valence-corrected chi connectivity index (χ4v) is 5.33. The average Bonchev–Trinajstić information content (AvgIpc) is 3.18. The molecule has 1 saturated carbocycles. The van der Waals surface area contributed by atoms with Gasteiger partial charge >= 0.3 is 0 Å². The van der Waals surface area contributed by atoms with Crippen LogP contribution in [-0.2, 0) is 20.7 Å². The van der Waals surface area contributed by atoms with E-state index in [1.54, 1.807) is 0 Å². The molecule has 0 aromatic heterocycles. The maximum atomic E-state index is 13.0. The summed E-state index contributed by atoms with van der Waals surface area (Å²) in [6.45, 7) is 2.57. The molecule has 33 heavy (non-hydrogen) atoms. The third-order valence-electron chi connectivity index (χ3n) is 7.28. The van der Waals surface area contributed by atoms with Gasteiger partial charge in [-0.1, -0.05) is 42.5 Å². The number of fused-ring (bicyclic) bond motifs is 3. The maximum Gasteiger partial charge on any atom is 0.286 e. The number of allylic oxidation sites excluding steroid dienone is 1. The second-order valence-corrected chi connectivity index (χ2v) is 9.38. The Kier molecular flexibility index (Phi) is 6.52. The highest BCUT2D eigenvalue weighted by Crippen LogP contribution is 2.43. The molecule has 1 amide bonds. The summed E-state index contributed by atoms with van der Waals surface area (Å²) < 4.78 is 12.1. The number of hydrogen-bond acceptors (Lipinski definition) is 4. The Morgan fingerprint density at radius 2 is 1.97 bits per heavy atom. The zero-order valence-electron chi connectivity index (χ0n) is 19.3. The normalized spacial score (nSPS) is 23.7. The van der Waals surface area contributed by atoms with E-state index in [1.807, 2.05) is 13.0 Å². The van der Waals surface area contributed by atoms with E-state index < -0.39 is 6.29 Å². The van der Waals surface area contributed by atoms with Crippen LogP contribution >= 0.6 is 0 Å². The van der Waals surface area contributed by atoms with Crippen LogP contribution < -0.4 is 5.32 Å². The lowest BCUT2D eigenvalue weighted by Gasteiger charge is -2.37. The Hall–Kier alpha value is -2.63. The first-order valence-electron chi connectivity index (χ1n) is 12.3. The van der Waals surface area contributed by atoms with Crippen molar-refractivity contribution in [3.05, 3.63) is 71.0 Å². The first-order chi connectivity index (χ1) is 16.2.